The third kappa shape index (κ3) is 5.38. The van der Waals surface area contributed by atoms with E-state index in [1.54, 1.807) is 54.3 Å². The zero-order valence-corrected chi connectivity index (χ0v) is 19.7. The number of nitrogens with zero attached hydrogens (tertiary/aromatic N) is 1. The summed E-state index contributed by atoms with van der Waals surface area (Å²) in [5.41, 5.74) is 1.31. The van der Waals surface area contributed by atoms with Crippen LogP contribution in [0.4, 0.5) is 5.69 Å². The second-order valence-corrected chi connectivity index (χ2v) is 10.6. The van der Waals surface area contributed by atoms with Crippen LogP contribution in [0.3, 0.4) is 0 Å². The molecule has 176 valence electrons. The first-order chi connectivity index (χ1) is 15.8. The summed E-state index contributed by atoms with van der Waals surface area (Å²) in [5.74, 6) is -0.336. The molecule has 7 nitrogen and oxygen atoms in total. The van der Waals surface area contributed by atoms with Crippen LogP contribution in [0.15, 0.2) is 53.4 Å². The van der Waals surface area contributed by atoms with Crippen molar-refractivity contribution in [2.24, 2.45) is 0 Å². The Morgan fingerprint density at radius 2 is 1.70 bits per heavy atom. The van der Waals surface area contributed by atoms with E-state index in [-0.39, 0.29) is 22.8 Å². The van der Waals surface area contributed by atoms with Gasteiger partial charge in [-0.25, -0.2) is 8.42 Å². The highest BCUT2D eigenvalue weighted by Crippen LogP contribution is 2.25. The van der Waals surface area contributed by atoms with Gasteiger partial charge in [0.2, 0.25) is 5.91 Å². The minimum atomic E-state index is -3.79. The fourth-order valence-corrected chi connectivity index (χ4v) is 6.07. The molecule has 2 fully saturated rings. The summed E-state index contributed by atoms with van der Waals surface area (Å²) in [6, 6.07) is 12.9. The number of likely N-dealkylation sites (tertiary alicyclic amines) is 1. The van der Waals surface area contributed by atoms with Crippen molar-refractivity contribution in [3.63, 3.8) is 0 Å². The molecule has 1 saturated heterocycles. The van der Waals surface area contributed by atoms with Gasteiger partial charge in [-0.3, -0.25) is 14.3 Å². The van der Waals surface area contributed by atoms with Crippen LogP contribution in [-0.2, 0) is 14.8 Å². The van der Waals surface area contributed by atoms with Gasteiger partial charge in [0, 0.05) is 23.8 Å². The summed E-state index contributed by atoms with van der Waals surface area (Å²) < 4.78 is 28.2. The molecule has 0 radical (unpaired) electrons. The van der Waals surface area contributed by atoms with Gasteiger partial charge in [-0.1, -0.05) is 43.5 Å². The maximum atomic E-state index is 13.3. The Morgan fingerprint density at radius 1 is 0.939 bits per heavy atom. The maximum absolute atomic E-state index is 13.3. The van der Waals surface area contributed by atoms with Gasteiger partial charge in [0.05, 0.1) is 4.90 Å². The predicted octanol–water partition coefficient (Wildman–Crippen LogP) is 3.85. The van der Waals surface area contributed by atoms with Crippen molar-refractivity contribution < 1.29 is 18.0 Å². The summed E-state index contributed by atoms with van der Waals surface area (Å²) in [7, 11) is -3.79. The number of benzene rings is 2. The molecule has 2 amide bonds. The minimum Gasteiger partial charge on any atom is -0.352 e. The summed E-state index contributed by atoms with van der Waals surface area (Å²) in [6.07, 6.45) is 6.88. The van der Waals surface area contributed by atoms with Crippen molar-refractivity contribution in [2.75, 3.05) is 11.3 Å². The van der Waals surface area contributed by atoms with Crippen LogP contribution < -0.4 is 10.0 Å². The van der Waals surface area contributed by atoms with Crippen LogP contribution in [0, 0.1) is 6.92 Å². The van der Waals surface area contributed by atoms with Crippen LogP contribution >= 0.6 is 0 Å². The summed E-state index contributed by atoms with van der Waals surface area (Å²) >= 11 is 0. The number of anilines is 1. The molecule has 2 aliphatic rings. The van der Waals surface area contributed by atoms with Gasteiger partial charge in [0.1, 0.15) is 6.04 Å². The number of carbonyl (C=O) groups excluding carboxylic acids is 2. The lowest BCUT2D eigenvalue weighted by Gasteiger charge is -2.28. The number of aryl methyl sites for hydroxylation is 1. The van der Waals surface area contributed by atoms with E-state index in [0.29, 0.717) is 29.8 Å². The first-order valence-corrected chi connectivity index (χ1v) is 13.1. The monoisotopic (exact) mass is 469 g/mol. The van der Waals surface area contributed by atoms with Gasteiger partial charge in [-0.2, -0.15) is 0 Å². The van der Waals surface area contributed by atoms with E-state index >= 15 is 0 Å². The van der Waals surface area contributed by atoms with Crippen molar-refractivity contribution in [3.05, 3.63) is 59.7 Å². The lowest BCUT2D eigenvalue weighted by atomic mass is 9.95. The van der Waals surface area contributed by atoms with Gasteiger partial charge in [0.15, 0.2) is 0 Å². The van der Waals surface area contributed by atoms with E-state index < -0.39 is 16.1 Å². The van der Waals surface area contributed by atoms with Crippen molar-refractivity contribution >= 4 is 27.5 Å². The zero-order valence-electron chi connectivity index (χ0n) is 18.9. The lowest BCUT2D eigenvalue weighted by molar-refractivity contribution is -0.125. The lowest BCUT2D eigenvalue weighted by Crippen LogP contribution is -2.49. The predicted molar refractivity (Wildman–Crippen MR) is 128 cm³/mol. The van der Waals surface area contributed by atoms with Gasteiger partial charge < -0.3 is 10.2 Å². The highest BCUT2D eigenvalue weighted by Gasteiger charge is 2.35. The Morgan fingerprint density at radius 3 is 2.45 bits per heavy atom. The molecule has 4 rings (SSSR count). The molecular weight excluding hydrogens is 438 g/mol. The third-order valence-electron chi connectivity index (χ3n) is 6.51. The second kappa shape index (κ2) is 9.95. The smallest absolute Gasteiger partial charge is 0.262 e. The van der Waals surface area contributed by atoms with E-state index in [1.165, 1.54) is 12.5 Å². The van der Waals surface area contributed by atoms with Crippen molar-refractivity contribution in [3.8, 4) is 0 Å². The Labute approximate surface area is 195 Å². The molecule has 1 aliphatic heterocycles. The van der Waals surface area contributed by atoms with E-state index in [4.69, 9.17) is 0 Å². The quantitative estimate of drug-likeness (QED) is 0.672. The Hall–Kier alpha value is -2.87. The first-order valence-electron chi connectivity index (χ1n) is 11.6. The molecule has 1 saturated carbocycles. The molecule has 2 aromatic carbocycles. The first kappa shape index (κ1) is 23.3. The molecule has 33 heavy (non-hydrogen) atoms. The van der Waals surface area contributed by atoms with E-state index in [2.05, 4.69) is 10.0 Å². The van der Waals surface area contributed by atoms with Crippen LogP contribution in [0.5, 0.6) is 0 Å². The number of hydrogen-bond acceptors (Lipinski definition) is 4. The van der Waals surface area contributed by atoms with Crippen LogP contribution in [0.25, 0.3) is 0 Å². The van der Waals surface area contributed by atoms with Gasteiger partial charge in [0.25, 0.3) is 15.9 Å². The van der Waals surface area contributed by atoms with Crippen molar-refractivity contribution in [2.45, 2.75) is 68.8 Å². The molecule has 1 heterocycles. The molecule has 0 spiro atoms. The fourth-order valence-electron chi connectivity index (χ4n) is 4.78. The maximum Gasteiger partial charge on any atom is 0.262 e. The Kier molecular flexibility index (Phi) is 7.02. The molecule has 0 bridgehead atoms. The topological polar surface area (TPSA) is 95.6 Å². The number of amides is 2. The number of hydrogen-bond donors (Lipinski definition) is 2. The number of rotatable bonds is 6. The average molecular weight is 470 g/mol. The average Bonchev–Trinajstić information content (AvgIpc) is 3.29. The molecule has 0 aromatic heterocycles. The summed E-state index contributed by atoms with van der Waals surface area (Å²) in [5, 5.41) is 3.14. The van der Waals surface area contributed by atoms with E-state index in [0.717, 1.165) is 32.1 Å². The Balaban J connectivity index is 1.47. The molecule has 1 aliphatic carbocycles. The Bertz CT molecular complexity index is 1130. The number of sulfonamides is 1. The highest BCUT2D eigenvalue weighted by molar-refractivity contribution is 7.92. The van der Waals surface area contributed by atoms with Crippen LogP contribution in [0.1, 0.15) is 60.9 Å². The second-order valence-electron chi connectivity index (χ2n) is 8.95. The normalized spacial score (nSPS) is 19.3. The highest BCUT2D eigenvalue weighted by atomic mass is 32.2. The summed E-state index contributed by atoms with van der Waals surface area (Å²) in [6.45, 7) is 2.25. The SMILES string of the molecule is Cc1ccccc1S(=O)(=O)Nc1cccc(C(=O)N2CCC[C@@H]2C(=O)NC2CCCCC2)c1. The standard InChI is InChI=1S/C25H31N3O4S/c1-18-9-5-6-15-23(18)33(31,32)27-21-13-7-10-19(17-21)25(30)28-16-8-14-22(28)24(29)26-20-11-3-2-4-12-20/h5-7,9-10,13,15,17,20,22,27H,2-4,8,11-12,14,16H2,1H3,(H,26,29)/t22-/m1/s1. The molecule has 2 N–H and O–H groups in total. The molecule has 8 heteroatoms. The van der Waals surface area contributed by atoms with Crippen LogP contribution in [0.2, 0.25) is 0 Å². The zero-order chi connectivity index (χ0) is 23.4. The molecule has 2 aromatic rings. The van der Waals surface area contributed by atoms with E-state index in [1.807, 2.05) is 0 Å². The third-order valence-corrected chi connectivity index (χ3v) is 8.05. The van der Waals surface area contributed by atoms with Crippen LogP contribution in [-0.4, -0.2) is 43.8 Å². The largest absolute Gasteiger partial charge is 0.352 e. The minimum absolute atomic E-state index is 0.0795. The van der Waals surface area contributed by atoms with Crippen molar-refractivity contribution in [1.29, 1.82) is 0 Å². The number of carbonyl (C=O) groups is 2. The number of nitrogens with one attached hydrogen (secondary N) is 2. The van der Waals surface area contributed by atoms with Gasteiger partial charge in [-0.15, -0.1) is 0 Å². The van der Waals surface area contributed by atoms with E-state index in [9.17, 15) is 18.0 Å². The molecule has 1 atom stereocenters. The fraction of sp³-hybridized carbons (Fsp3) is 0.440. The molecule has 0 unspecified atom stereocenters. The summed E-state index contributed by atoms with van der Waals surface area (Å²) in [4.78, 5) is 28.0. The van der Waals surface area contributed by atoms with Gasteiger partial charge >= 0.3 is 0 Å². The van der Waals surface area contributed by atoms with Crippen molar-refractivity contribution in [1.82, 2.24) is 10.2 Å². The van der Waals surface area contributed by atoms with Gasteiger partial charge in [-0.05, 0) is 62.4 Å². The molecular formula is C25H31N3O4S.